The van der Waals surface area contributed by atoms with Crippen LogP contribution in [0.2, 0.25) is 0 Å². The zero-order valence-electron chi connectivity index (χ0n) is 13.0. The standard InChI is InChI=1S/C16H17BrN2O4/c1-9-5-4-6-12(10(9)2)22-11(3)15(20)18-19-16(21)13-7-8-14(17)23-13/h4-8,11H,1-3H3,(H,18,20)(H,19,21). The fourth-order valence-corrected chi connectivity index (χ4v) is 2.12. The van der Waals surface area contributed by atoms with Crippen LogP contribution in [0.3, 0.4) is 0 Å². The van der Waals surface area contributed by atoms with Gasteiger partial charge in [-0.1, -0.05) is 12.1 Å². The van der Waals surface area contributed by atoms with Crippen molar-refractivity contribution in [2.24, 2.45) is 0 Å². The van der Waals surface area contributed by atoms with Crippen LogP contribution in [0.25, 0.3) is 0 Å². The van der Waals surface area contributed by atoms with Crippen molar-refractivity contribution in [1.82, 2.24) is 10.9 Å². The highest BCUT2D eigenvalue weighted by Gasteiger charge is 2.18. The first-order valence-corrected chi connectivity index (χ1v) is 7.76. The van der Waals surface area contributed by atoms with Crippen molar-refractivity contribution in [3.8, 4) is 5.75 Å². The molecule has 0 radical (unpaired) electrons. The number of amides is 2. The van der Waals surface area contributed by atoms with Crippen LogP contribution in [0, 0.1) is 13.8 Å². The number of carbonyl (C=O) groups excluding carboxylic acids is 2. The second kappa shape index (κ2) is 7.32. The maximum Gasteiger partial charge on any atom is 0.305 e. The molecule has 0 saturated heterocycles. The average Bonchev–Trinajstić information content (AvgIpc) is 2.95. The van der Waals surface area contributed by atoms with Crippen molar-refractivity contribution < 1.29 is 18.7 Å². The van der Waals surface area contributed by atoms with E-state index in [9.17, 15) is 9.59 Å². The van der Waals surface area contributed by atoms with Crippen molar-refractivity contribution in [3.63, 3.8) is 0 Å². The van der Waals surface area contributed by atoms with E-state index in [2.05, 4.69) is 26.8 Å². The van der Waals surface area contributed by atoms with Crippen molar-refractivity contribution in [3.05, 3.63) is 51.9 Å². The number of hydrazine groups is 1. The summed E-state index contributed by atoms with van der Waals surface area (Å²) in [7, 11) is 0. The Morgan fingerprint density at radius 2 is 1.91 bits per heavy atom. The van der Waals surface area contributed by atoms with Gasteiger partial charge < -0.3 is 9.15 Å². The molecule has 23 heavy (non-hydrogen) atoms. The molecule has 1 aromatic carbocycles. The Morgan fingerprint density at radius 1 is 1.17 bits per heavy atom. The van der Waals surface area contributed by atoms with E-state index >= 15 is 0 Å². The molecule has 0 fully saturated rings. The smallest absolute Gasteiger partial charge is 0.305 e. The van der Waals surface area contributed by atoms with Gasteiger partial charge in [0.1, 0.15) is 5.75 Å². The Balaban J connectivity index is 1.90. The molecule has 2 rings (SSSR count). The molecule has 122 valence electrons. The van der Waals surface area contributed by atoms with E-state index in [0.717, 1.165) is 11.1 Å². The second-order valence-electron chi connectivity index (χ2n) is 5.01. The third kappa shape index (κ3) is 4.35. The quantitative estimate of drug-likeness (QED) is 0.799. The van der Waals surface area contributed by atoms with Crippen LogP contribution in [0.1, 0.15) is 28.6 Å². The van der Waals surface area contributed by atoms with Crippen LogP contribution in [0.15, 0.2) is 39.4 Å². The summed E-state index contributed by atoms with van der Waals surface area (Å²) in [5.41, 5.74) is 6.62. The van der Waals surface area contributed by atoms with Gasteiger partial charge in [-0.25, -0.2) is 0 Å². The molecule has 0 aliphatic rings. The molecule has 1 heterocycles. The summed E-state index contributed by atoms with van der Waals surface area (Å²) in [4.78, 5) is 23.8. The number of benzene rings is 1. The molecular formula is C16H17BrN2O4. The van der Waals surface area contributed by atoms with Gasteiger partial charge in [-0.2, -0.15) is 0 Å². The Morgan fingerprint density at radius 3 is 2.57 bits per heavy atom. The van der Waals surface area contributed by atoms with E-state index in [0.29, 0.717) is 10.4 Å². The monoisotopic (exact) mass is 380 g/mol. The predicted octanol–water partition coefficient (Wildman–Crippen LogP) is 2.89. The molecule has 2 aromatic rings. The minimum Gasteiger partial charge on any atom is -0.481 e. The molecule has 1 aromatic heterocycles. The van der Waals surface area contributed by atoms with Gasteiger partial charge in [-0.05, 0) is 66.0 Å². The van der Waals surface area contributed by atoms with Crippen LogP contribution in [-0.2, 0) is 4.79 Å². The van der Waals surface area contributed by atoms with Gasteiger partial charge in [-0.15, -0.1) is 0 Å². The lowest BCUT2D eigenvalue weighted by Crippen LogP contribution is -2.47. The average molecular weight is 381 g/mol. The number of rotatable bonds is 4. The Kier molecular flexibility index (Phi) is 5.44. The highest BCUT2D eigenvalue weighted by atomic mass is 79.9. The Bertz CT molecular complexity index is 727. The highest BCUT2D eigenvalue weighted by molar-refractivity contribution is 9.10. The molecule has 6 nitrogen and oxygen atoms in total. The molecule has 1 atom stereocenters. The molecule has 0 aliphatic heterocycles. The lowest BCUT2D eigenvalue weighted by atomic mass is 10.1. The van der Waals surface area contributed by atoms with Gasteiger partial charge in [0, 0.05) is 0 Å². The second-order valence-corrected chi connectivity index (χ2v) is 5.79. The fraction of sp³-hybridized carbons (Fsp3) is 0.250. The molecule has 1 unspecified atom stereocenters. The summed E-state index contributed by atoms with van der Waals surface area (Å²) in [5.74, 6) is -0.304. The van der Waals surface area contributed by atoms with E-state index in [1.807, 2.05) is 26.0 Å². The number of hydrogen-bond donors (Lipinski definition) is 2. The molecule has 0 aliphatic carbocycles. The van der Waals surface area contributed by atoms with Gasteiger partial charge in [0.2, 0.25) is 0 Å². The van der Waals surface area contributed by atoms with Gasteiger partial charge in [-0.3, -0.25) is 20.4 Å². The third-order valence-electron chi connectivity index (χ3n) is 3.32. The zero-order chi connectivity index (χ0) is 17.0. The molecule has 0 bridgehead atoms. The number of nitrogens with one attached hydrogen (secondary N) is 2. The van der Waals surface area contributed by atoms with E-state index in [1.165, 1.54) is 6.07 Å². The maximum absolute atomic E-state index is 12.0. The lowest BCUT2D eigenvalue weighted by molar-refractivity contribution is -0.128. The van der Waals surface area contributed by atoms with Crippen molar-refractivity contribution in [1.29, 1.82) is 0 Å². The van der Waals surface area contributed by atoms with Gasteiger partial charge in [0.15, 0.2) is 16.5 Å². The molecule has 2 N–H and O–H groups in total. The molecule has 7 heteroatoms. The topological polar surface area (TPSA) is 80.6 Å². The summed E-state index contributed by atoms with van der Waals surface area (Å²) in [6.07, 6.45) is -0.765. The van der Waals surface area contributed by atoms with Gasteiger partial charge >= 0.3 is 5.91 Å². The highest BCUT2D eigenvalue weighted by Crippen LogP contribution is 2.21. The van der Waals surface area contributed by atoms with Crippen molar-refractivity contribution >= 4 is 27.7 Å². The van der Waals surface area contributed by atoms with Crippen LogP contribution in [0.4, 0.5) is 0 Å². The number of carbonyl (C=O) groups is 2. The minimum absolute atomic E-state index is 0.0836. The summed E-state index contributed by atoms with van der Waals surface area (Å²) < 4.78 is 11.2. The maximum atomic E-state index is 12.0. The van der Waals surface area contributed by atoms with Crippen molar-refractivity contribution in [2.75, 3.05) is 0 Å². The zero-order valence-corrected chi connectivity index (χ0v) is 14.6. The normalized spacial score (nSPS) is 11.7. The van der Waals surface area contributed by atoms with Crippen LogP contribution in [-0.4, -0.2) is 17.9 Å². The number of halogens is 1. The minimum atomic E-state index is -0.765. The summed E-state index contributed by atoms with van der Waals surface area (Å²) in [6, 6.07) is 8.70. The predicted molar refractivity (Wildman–Crippen MR) is 88.0 cm³/mol. The first-order chi connectivity index (χ1) is 10.9. The Hall–Kier alpha value is -2.28. The molecular weight excluding hydrogens is 364 g/mol. The van der Waals surface area contributed by atoms with E-state index in [-0.39, 0.29) is 5.76 Å². The number of furan rings is 1. The molecule has 2 amide bonds. The number of aryl methyl sites for hydroxylation is 1. The largest absolute Gasteiger partial charge is 0.481 e. The van der Waals surface area contributed by atoms with Gasteiger partial charge in [0.25, 0.3) is 5.91 Å². The van der Waals surface area contributed by atoms with Crippen LogP contribution < -0.4 is 15.6 Å². The molecule has 0 saturated carbocycles. The first-order valence-electron chi connectivity index (χ1n) is 6.97. The van der Waals surface area contributed by atoms with Crippen molar-refractivity contribution in [2.45, 2.75) is 26.9 Å². The summed E-state index contributed by atoms with van der Waals surface area (Å²) in [5, 5.41) is 0. The number of hydrogen-bond acceptors (Lipinski definition) is 4. The van der Waals surface area contributed by atoms with E-state index in [4.69, 9.17) is 9.15 Å². The SMILES string of the molecule is Cc1cccc(OC(C)C(=O)NNC(=O)c2ccc(Br)o2)c1C. The third-order valence-corrected chi connectivity index (χ3v) is 3.75. The number of ether oxygens (including phenoxy) is 1. The first kappa shape index (κ1) is 17.1. The summed E-state index contributed by atoms with van der Waals surface area (Å²) >= 11 is 3.10. The molecule has 0 spiro atoms. The summed E-state index contributed by atoms with van der Waals surface area (Å²) in [6.45, 7) is 5.49. The van der Waals surface area contributed by atoms with E-state index < -0.39 is 17.9 Å². The van der Waals surface area contributed by atoms with Crippen LogP contribution >= 0.6 is 15.9 Å². The Labute approximate surface area is 142 Å². The van der Waals surface area contributed by atoms with Gasteiger partial charge in [0.05, 0.1) is 0 Å². The lowest BCUT2D eigenvalue weighted by Gasteiger charge is -2.17. The van der Waals surface area contributed by atoms with E-state index in [1.54, 1.807) is 19.1 Å². The van der Waals surface area contributed by atoms with Crippen LogP contribution in [0.5, 0.6) is 5.75 Å². The fourth-order valence-electron chi connectivity index (χ4n) is 1.81.